The molecule has 0 bridgehead atoms. The first kappa shape index (κ1) is 21.3. The third kappa shape index (κ3) is 4.62. The minimum Gasteiger partial charge on any atom is -0.480 e. The number of hydrogen-bond acceptors (Lipinski definition) is 5. The standard InChI is InChI=1S/C20H27BN2O6/c1-19(2)20(3,4)29-21(28-19)13-7-5-12(6-8-13)11-15(18(26)27)23-17(25)14-9-10-16(24)22-14/h5-8,14-15H,9-11H2,1-4H3,(H,22,24)(H,23,25)(H,26,27)/t14-,15-/m0/s1. The predicted molar refractivity (Wildman–Crippen MR) is 107 cm³/mol. The average molecular weight is 402 g/mol. The van der Waals surface area contributed by atoms with E-state index in [2.05, 4.69) is 10.6 Å². The predicted octanol–water partition coefficient (Wildman–Crippen LogP) is 0.376. The molecule has 2 aliphatic rings. The van der Waals surface area contributed by atoms with Gasteiger partial charge in [0.2, 0.25) is 11.8 Å². The van der Waals surface area contributed by atoms with Crippen LogP contribution in [0, 0.1) is 0 Å². The summed E-state index contributed by atoms with van der Waals surface area (Å²) in [5.41, 5.74) is 0.723. The topological polar surface area (TPSA) is 114 Å². The SMILES string of the molecule is CC1(C)OB(c2ccc(C[C@H](NC(=O)[C@@H]3CCC(=O)N3)C(=O)O)cc2)OC1(C)C. The van der Waals surface area contributed by atoms with E-state index in [-0.39, 0.29) is 18.7 Å². The lowest BCUT2D eigenvalue weighted by molar-refractivity contribution is -0.142. The quantitative estimate of drug-likeness (QED) is 0.593. The van der Waals surface area contributed by atoms with Crippen LogP contribution in [0.2, 0.25) is 0 Å². The van der Waals surface area contributed by atoms with Crippen molar-refractivity contribution in [2.75, 3.05) is 0 Å². The molecular formula is C20H27BN2O6. The fraction of sp³-hybridized carbons (Fsp3) is 0.550. The van der Waals surface area contributed by atoms with Crippen molar-refractivity contribution in [3.63, 3.8) is 0 Å². The zero-order chi connectivity index (χ0) is 21.4. The van der Waals surface area contributed by atoms with Crippen LogP contribution in [0.3, 0.4) is 0 Å². The zero-order valence-corrected chi connectivity index (χ0v) is 17.2. The highest BCUT2D eigenvalue weighted by Gasteiger charge is 2.51. The minimum atomic E-state index is -1.13. The van der Waals surface area contributed by atoms with Gasteiger partial charge in [-0.3, -0.25) is 9.59 Å². The molecule has 3 rings (SSSR count). The molecule has 29 heavy (non-hydrogen) atoms. The molecular weight excluding hydrogens is 375 g/mol. The van der Waals surface area contributed by atoms with E-state index in [4.69, 9.17) is 9.31 Å². The van der Waals surface area contributed by atoms with Crippen molar-refractivity contribution in [1.29, 1.82) is 0 Å². The van der Waals surface area contributed by atoms with Gasteiger partial charge in [0.15, 0.2) is 0 Å². The van der Waals surface area contributed by atoms with Gasteiger partial charge in [-0.2, -0.15) is 0 Å². The lowest BCUT2D eigenvalue weighted by Gasteiger charge is -2.32. The lowest BCUT2D eigenvalue weighted by atomic mass is 9.78. The molecule has 2 atom stereocenters. The summed E-state index contributed by atoms with van der Waals surface area (Å²) >= 11 is 0. The van der Waals surface area contributed by atoms with Crippen molar-refractivity contribution >= 4 is 30.4 Å². The summed E-state index contributed by atoms with van der Waals surface area (Å²) in [5, 5.41) is 14.5. The first-order valence-electron chi connectivity index (χ1n) is 9.75. The molecule has 8 nitrogen and oxygen atoms in total. The van der Waals surface area contributed by atoms with Gasteiger partial charge in [-0.15, -0.1) is 0 Å². The number of rotatable bonds is 6. The van der Waals surface area contributed by atoms with E-state index in [0.29, 0.717) is 6.42 Å². The van der Waals surface area contributed by atoms with Crippen molar-refractivity contribution in [3.8, 4) is 0 Å². The van der Waals surface area contributed by atoms with Crippen molar-refractivity contribution in [3.05, 3.63) is 29.8 Å². The van der Waals surface area contributed by atoms with Gasteiger partial charge in [0.25, 0.3) is 0 Å². The average Bonchev–Trinajstić information content (AvgIpc) is 3.15. The Balaban J connectivity index is 1.63. The van der Waals surface area contributed by atoms with Gasteiger partial charge in [-0.05, 0) is 45.1 Å². The largest absolute Gasteiger partial charge is 0.494 e. The third-order valence-corrected chi connectivity index (χ3v) is 5.87. The molecule has 2 aliphatic heterocycles. The molecule has 0 unspecified atom stereocenters. The third-order valence-electron chi connectivity index (χ3n) is 5.87. The maximum atomic E-state index is 12.2. The highest BCUT2D eigenvalue weighted by atomic mass is 16.7. The van der Waals surface area contributed by atoms with Gasteiger partial charge in [-0.1, -0.05) is 24.3 Å². The van der Waals surface area contributed by atoms with Crippen molar-refractivity contribution < 1.29 is 28.8 Å². The maximum absolute atomic E-state index is 12.2. The van der Waals surface area contributed by atoms with E-state index < -0.39 is 42.3 Å². The molecule has 1 aromatic carbocycles. The van der Waals surface area contributed by atoms with Crippen LogP contribution in [-0.4, -0.2) is 53.3 Å². The number of benzene rings is 1. The zero-order valence-electron chi connectivity index (χ0n) is 17.2. The van der Waals surface area contributed by atoms with Crippen LogP contribution in [-0.2, 0) is 30.1 Å². The van der Waals surface area contributed by atoms with Crippen molar-refractivity contribution in [2.45, 2.75) is 70.2 Å². The molecule has 0 radical (unpaired) electrons. The molecule has 156 valence electrons. The summed E-state index contributed by atoms with van der Waals surface area (Å²) in [4.78, 5) is 35.1. The summed E-state index contributed by atoms with van der Waals surface area (Å²) in [6.07, 6.45) is 0.779. The van der Waals surface area contributed by atoms with Crippen LogP contribution in [0.25, 0.3) is 0 Å². The first-order chi connectivity index (χ1) is 13.5. The highest BCUT2D eigenvalue weighted by molar-refractivity contribution is 6.62. The normalized spacial score (nSPS) is 23.5. The number of carboxylic acids is 1. The number of carbonyl (C=O) groups is 3. The van der Waals surface area contributed by atoms with Crippen LogP contribution in [0.1, 0.15) is 46.1 Å². The Bertz CT molecular complexity index is 792. The lowest BCUT2D eigenvalue weighted by Crippen LogP contribution is -2.49. The fourth-order valence-electron chi connectivity index (χ4n) is 3.31. The summed E-state index contributed by atoms with van der Waals surface area (Å²) in [6.45, 7) is 7.92. The highest BCUT2D eigenvalue weighted by Crippen LogP contribution is 2.36. The van der Waals surface area contributed by atoms with Crippen LogP contribution in [0.4, 0.5) is 0 Å². The number of nitrogens with one attached hydrogen (secondary N) is 2. The summed E-state index contributed by atoms with van der Waals surface area (Å²) in [5.74, 6) is -1.80. The van der Waals surface area contributed by atoms with E-state index in [1.165, 1.54) is 0 Å². The Hall–Kier alpha value is -2.39. The number of aliphatic carboxylic acids is 1. The molecule has 3 N–H and O–H groups in total. The molecule has 2 heterocycles. The van der Waals surface area contributed by atoms with Gasteiger partial charge in [0, 0.05) is 12.8 Å². The Morgan fingerprint density at radius 3 is 2.28 bits per heavy atom. The molecule has 0 aliphatic carbocycles. The van der Waals surface area contributed by atoms with E-state index >= 15 is 0 Å². The number of carbonyl (C=O) groups excluding carboxylic acids is 2. The molecule has 0 saturated carbocycles. The van der Waals surface area contributed by atoms with Crippen LogP contribution < -0.4 is 16.1 Å². The van der Waals surface area contributed by atoms with E-state index in [1.54, 1.807) is 12.1 Å². The van der Waals surface area contributed by atoms with Gasteiger partial charge >= 0.3 is 13.1 Å². The van der Waals surface area contributed by atoms with Gasteiger partial charge < -0.3 is 25.0 Å². The Labute approximate surface area is 170 Å². The van der Waals surface area contributed by atoms with E-state index in [0.717, 1.165) is 11.0 Å². The van der Waals surface area contributed by atoms with E-state index in [9.17, 15) is 19.5 Å². The molecule has 0 aromatic heterocycles. The number of carboxylic acid groups (broad SMARTS) is 1. The maximum Gasteiger partial charge on any atom is 0.494 e. The van der Waals surface area contributed by atoms with Crippen molar-refractivity contribution in [1.82, 2.24) is 10.6 Å². The molecule has 0 spiro atoms. The number of amides is 2. The molecule has 2 amide bonds. The van der Waals surface area contributed by atoms with Crippen LogP contribution in [0.15, 0.2) is 24.3 Å². The molecule has 2 fully saturated rings. The Kier molecular flexibility index (Phi) is 5.73. The minimum absolute atomic E-state index is 0.130. The van der Waals surface area contributed by atoms with Gasteiger partial charge in [-0.25, -0.2) is 4.79 Å². The van der Waals surface area contributed by atoms with Crippen LogP contribution in [0.5, 0.6) is 0 Å². The van der Waals surface area contributed by atoms with E-state index in [1.807, 2.05) is 39.8 Å². The summed E-state index contributed by atoms with van der Waals surface area (Å²) < 4.78 is 12.0. The van der Waals surface area contributed by atoms with Gasteiger partial charge in [0.1, 0.15) is 12.1 Å². The molecule has 9 heteroatoms. The van der Waals surface area contributed by atoms with Crippen LogP contribution >= 0.6 is 0 Å². The second kappa shape index (κ2) is 7.80. The smallest absolute Gasteiger partial charge is 0.480 e. The molecule has 2 saturated heterocycles. The summed E-state index contributed by atoms with van der Waals surface area (Å²) in [6, 6.07) is 5.54. The monoisotopic (exact) mass is 402 g/mol. The first-order valence-corrected chi connectivity index (χ1v) is 9.75. The Morgan fingerprint density at radius 2 is 1.79 bits per heavy atom. The second-order valence-electron chi connectivity index (χ2n) is 8.59. The fourth-order valence-corrected chi connectivity index (χ4v) is 3.31. The summed E-state index contributed by atoms with van der Waals surface area (Å²) in [7, 11) is -0.491. The second-order valence-corrected chi connectivity index (χ2v) is 8.59. The van der Waals surface area contributed by atoms with Gasteiger partial charge in [0.05, 0.1) is 11.2 Å². The Morgan fingerprint density at radius 1 is 1.21 bits per heavy atom. The van der Waals surface area contributed by atoms with Crippen molar-refractivity contribution in [2.24, 2.45) is 0 Å². The molecule has 1 aromatic rings. The number of hydrogen-bond donors (Lipinski definition) is 3.